The predicted octanol–water partition coefficient (Wildman–Crippen LogP) is 1.26. The lowest BCUT2D eigenvalue weighted by atomic mass is 10.1. The second-order valence-corrected chi connectivity index (χ2v) is 7.30. The zero-order chi connectivity index (χ0) is 13.5. The molecule has 1 saturated carbocycles. The van der Waals surface area contributed by atoms with Crippen molar-refractivity contribution in [2.75, 3.05) is 19.6 Å². The highest BCUT2D eigenvalue weighted by molar-refractivity contribution is 7.90. The van der Waals surface area contributed by atoms with Crippen molar-refractivity contribution in [3.05, 3.63) is 35.6 Å². The van der Waals surface area contributed by atoms with Crippen molar-refractivity contribution in [2.24, 2.45) is 0 Å². The third-order valence-corrected chi connectivity index (χ3v) is 6.10. The number of sulfonamides is 1. The average Bonchev–Trinajstić information content (AvgIpc) is 3.23. The van der Waals surface area contributed by atoms with Crippen LogP contribution in [0.25, 0.3) is 0 Å². The number of halogens is 1. The average molecular weight is 284 g/mol. The molecule has 6 heteroatoms. The minimum atomic E-state index is -3.23. The van der Waals surface area contributed by atoms with Gasteiger partial charge in [-0.05, 0) is 30.5 Å². The summed E-state index contributed by atoms with van der Waals surface area (Å²) in [6, 6.07) is 5.92. The fourth-order valence-electron chi connectivity index (χ4n) is 2.55. The van der Waals surface area contributed by atoms with Gasteiger partial charge >= 0.3 is 0 Å². The van der Waals surface area contributed by atoms with E-state index in [1.54, 1.807) is 16.4 Å². The van der Waals surface area contributed by atoms with Gasteiger partial charge in [0, 0.05) is 19.6 Å². The Labute approximate surface area is 112 Å². The lowest BCUT2D eigenvalue weighted by Crippen LogP contribution is -2.49. The highest BCUT2D eigenvalue weighted by Crippen LogP contribution is 2.35. The van der Waals surface area contributed by atoms with Crippen LogP contribution in [-0.4, -0.2) is 37.6 Å². The lowest BCUT2D eigenvalue weighted by molar-refractivity contribution is 0.270. The maximum Gasteiger partial charge on any atom is 0.217 e. The zero-order valence-corrected chi connectivity index (χ0v) is 11.4. The van der Waals surface area contributed by atoms with Gasteiger partial charge in [-0.2, -0.15) is 4.31 Å². The Balaban J connectivity index is 1.93. The Morgan fingerprint density at radius 2 is 2.11 bits per heavy atom. The fraction of sp³-hybridized carbons (Fsp3) is 0.538. The molecule has 0 bridgehead atoms. The van der Waals surface area contributed by atoms with E-state index in [0.717, 1.165) is 18.4 Å². The number of rotatable bonds is 3. The van der Waals surface area contributed by atoms with E-state index in [2.05, 4.69) is 5.32 Å². The van der Waals surface area contributed by atoms with E-state index in [-0.39, 0.29) is 17.1 Å². The van der Waals surface area contributed by atoms with Gasteiger partial charge in [0.2, 0.25) is 10.0 Å². The second-order valence-electron chi connectivity index (χ2n) is 5.13. The van der Waals surface area contributed by atoms with Crippen LogP contribution in [-0.2, 0) is 10.0 Å². The molecule has 0 amide bonds. The number of hydrogen-bond donors (Lipinski definition) is 1. The summed E-state index contributed by atoms with van der Waals surface area (Å²) in [6.07, 6.45) is 1.50. The number of benzene rings is 1. The Bertz CT molecular complexity index is 572. The molecule has 0 radical (unpaired) electrons. The molecular formula is C13H17FN2O2S. The van der Waals surface area contributed by atoms with Crippen molar-refractivity contribution >= 4 is 10.0 Å². The maximum atomic E-state index is 13.3. The van der Waals surface area contributed by atoms with Gasteiger partial charge in [0.25, 0.3) is 0 Å². The number of hydrogen-bond acceptors (Lipinski definition) is 3. The first kappa shape index (κ1) is 13.0. The third-order valence-electron chi connectivity index (χ3n) is 3.70. The van der Waals surface area contributed by atoms with Crippen LogP contribution in [0.2, 0.25) is 0 Å². The van der Waals surface area contributed by atoms with Gasteiger partial charge in [-0.3, -0.25) is 0 Å². The molecule has 1 aromatic rings. The highest BCUT2D eigenvalue weighted by atomic mass is 32.2. The molecule has 0 spiro atoms. The molecule has 2 aliphatic rings. The van der Waals surface area contributed by atoms with Crippen LogP contribution in [0.15, 0.2) is 24.3 Å². The van der Waals surface area contributed by atoms with Gasteiger partial charge in [-0.1, -0.05) is 12.1 Å². The summed E-state index contributed by atoms with van der Waals surface area (Å²) >= 11 is 0. The molecule has 1 saturated heterocycles. The van der Waals surface area contributed by atoms with Gasteiger partial charge in [0.05, 0.1) is 11.3 Å². The SMILES string of the molecule is O=S(=O)(C1CC1)N1CCNCC1c1cccc(F)c1. The quantitative estimate of drug-likeness (QED) is 0.909. The Morgan fingerprint density at radius 1 is 1.32 bits per heavy atom. The normalized spacial score (nSPS) is 25.4. The van der Waals surface area contributed by atoms with E-state index in [4.69, 9.17) is 0 Å². The molecule has 1 N–H and O–H groups in total. The Hall–Kier alpha value is -0.980. The first-order valence-electron chi connectivity index (χ1n) is 6.56. The first-order valence-corrected chi connectivity index (χ1v) is 8.06. The molecule has 1 atom stereocenters. The number of piperazine rings is 1. The molecule has 104 valence electrons. The van der Waals surface area contributed by atoms with Gasteiger partial charge in [0.1, 0.15) is 5.82 Å². The summed E-state index contributed by atoms with van der Waals surface area (Å²) in [5, 5.41) is 2.96. The van der Waals surface area contributed by atoms with Crippen LogP contribution in [0.3, 0.4) is 0 Å². The summed E-state index contributed by atoms with van der Waals surface area (Å²) < 4.78 is 39.7. The van der Waals surface area contributed by atoms with Crippen LogP contribution in [0.5, 0.6) is 0 Å². The van der Waals surface area contributed by atoms with Gasteiger partial charge in [-0.25, -0.2) is 12.8 Å². The van der Waals surface area contributed by atoms with E-state index in [0.29, 0.717) is 19.6 Å². The molecule has 1 aromatic carbocycles. The molecule has 19 heavy (non-hydrogen) atoms. The Kier molecular flexibility index (Phi) is 3.32. The fourth-order valence-corrected chi connectivity index (χ4v) is 4.56. The summed E-state index contributed by atoms with van der Waals surface area (Å²) in [7, 11) is -3.23. The Morgan fingerprint density at radius 3 is 2.79 bits per heavy atom. The molecule has 1 heterocycles. The van der Waals surface area contributed by atoms with E-state index in [1.807, 2.05) is 0 Å². The van der Waals surface area contributed by atoms with Crippen molar-refractivity contribution < 1.29 is 12.8 Å². The van der Waals surface area contributed by atoms with E-state index in [1.165, 1.54) is 12.1 Å². The predicted molar refractivity (Wildman–Crippen MR) is 70.7 cm³/mol. The first-order chi connectivity index (χ1) is 9.09. The van der Waals surface area contributed by atoms with Crippen LogP contribution in [0, 0.1) is 5.82 Å². The molecule has 3 rings (SSSR count). The maximum absolute atomic E-state index is 13.3. The lowest BCUT2D eigenvalue weighted by Gasteiger charge is -2.35. The number of nitrogens with one attached hydrogen (secondary N) is 1. The minimum Gasteiger partial charge on any atom is -0.313 e. The van der Waals surface area contributed by atoms with Crippen molar-refractivity contribution in [3.8, 4) is 0 Å². The van der Waals surface area contributed by atoms with Crippen LogP contribution in [0.4, 0.5) is 4.39 Å². The van der Waals surface area contributed by atoms with E-state index < -0.39 is 10.0 Å². The minimum absolute atomic E-state index is 0.221. The smallest absolute Gasteiger partial charge is 0.217 e. The zero-order valence-electron chi connectivity index (χ0n) is 10.5. The van der Waals surface area contributed by atoms with Crippen molar-refractivity contribution in [1.29, 1.82) is 0 Å². The van der Waals surface area contributed by atoms with Crippen molar-refractivity contribution in [2.45, 2.75) is 24.1 Å². The second kappa shape index (κ2) is 4.85. The van der Waals surface area contributed by atoms with Crippen molar-refractivity contribution in [3.63, 3.8) is 0 Å². The summed E-state index contributed by atoms with van der Waals surface area (Å²) in [6.45, 7) is 1.65. The monoisotopic (exact) mass is 284 g/mol. The molecule has 0 aromatic heterocycles. The van der Waals surface area contributed by atoms with Gasteiger partial charge in [0.15, 0.2) is 0 Å². The van der Waals surface area contributed by atoms with Crippen LogP contribution in [0.1, 0.15) is 24.4 Å². The summed E-state index contributed by atoms with van der Waals surface area (Å²) in [5.74, 6) is -0.327. The van der Waals surface area contributed by atoms with Crippen LogP contribution < -0.4 is 5.32 Å². The molecule has 1 unspecified atom stereocenters. The summed E-state index contributed by atoms with van der Waals surface area (Å²) in [5.41, 5.74) is 0.719. The number of nitrogens with zero attached hydrogens (tertiary/aromatic N) is 1. The summed E-state index contributed by atoms with van der Waals surface area (Å²) in [4.78, 5) is 0. The standard InChI is InChI=1S/C13H17FN2O2S/c14-11-3-1-2-10(8-11)13-9-15-6-7-16(13)19(17,18)12-4-5-12/h1-3,8,12-13,15H,4-7,9H2. The largest absolute Gasteiger partial charge is 0.313 e. The van der Waals surface area contributed by atoms with Gasteiger partial charge in [-0.15, -0.1) is 0 Å². The molecule has 1 aliphatic heterocycles. The van der Waals surface area contributed by atoms with E-state index >= 15 is 0 Å². The topological polar surface area (TPSA) is 49.4 Å². The molecule has 1 aliphatic carbocycles. The van der Waals surface area contributed by atoms with Crippen molar-refractivity contribution in [1.82, 2.24) is 9.62 Å². The van der Waals surface area contributed by atoms with Gasteiger partial charge < -0.3 is 5.32 Å². The third kappa shape index (κ3) is 2.52. The molecule has 2 fully saturated rings. The molecule has 4 nitrogen and oxygen atoms in total. The van der Waals surface area contributed by atoms with E-state index in [9.17, 15) is 12.8 Å². The highest BCUT2D eigenvalue weighted by Gasteiger charge is 2.43. The van der Waals surface area contributed by atoms with Crippen LogP contribution >= 0.6 is 0 Å². The molecular weight excluding hydrogens is 267 g/mol.